The molecular formula is C13H24N2O2S. The Kier molecular flexibility index (Phi) is 4.24. The van der Waals surface area contributed by atoms with Gasteiger partial charge >= 0.3 is 5.97 Å². The lowest BCUT2D eigenvalue weighted by Gasteiger charge is -2.49. The molecule has 0 aliphatic carbocycles. The van der Waals surface area contributed by atoms with Crippen LogP contribution < -0.4 is 5.32 Å². The van der Waals surface area contributed by atoms with Crippen LogP contribution in [0.25, 0.3) is 0 Å². The van der Waals surface area contributed by atoms with E-state index in [4.69, 9.17) is 4.74 Å². The highest BCUT2D eigenvalue weighted by Crippen LogP contribution is 2.43. The van der Waals surface area contributed by atoms with E-state index in [1.165, 1.54) is 7.11 Å². The number of hydrogen-bond acceptors (Lipinski definition) is 5. The lowest BCUT2D eigenvalue weighted by atomic mass is 9.78. The standard InChI is InChI=1S/C13H24N2O2S/c1-12(2)8-13(10-18-9-12,11(16)17-3)15-6-4-14-5-7-15/h14H,4-10H2,1-3H3. The maximum absolute atomic E-state index is 12.4. The van der Waals surface area contributed by atoms with Crippen LogP contribution in [0.2, 0.25) is 0 Å². The third kappa shape index (κ3) is 2.68. The number of ether oxygens (including phenoxy) is 1. The Morgan fingerprint density at radius 2 is 1.94 bits per heavy atom. The molecule has 104 valence electrons. The topological polar surface area (TPSA) is 41.6 Å². The van der Waals surface area contributed by atoms with Crippen LogP contribution in [-0.4, -0.2) is 61.2 Å². The molecular weight excluding hydrogens is 248 g/mol. The number of carbonyl (C=O) groups is 1. The van der Waals surface area contributed by atoms with Gasteiger partial charge in [-0.2, -0.15) is 11.8 Å². The molecule has 2 heterocycles. The Morgan fingerprint density at radius 1 is 1.28 bits per heavy atom. The third-order valence-corrected chi connectivity index (χ3v) is 5.56. The number of nitrogens with zero attached hydrogens (tertiary/aromatic N) is 1. The number of esters is 1. The SMILES string of the molecule is COC(=O)C1(N2CCNCC2)CSCC(C)(C)C1. The molecule has 2 aliphatic heterocycles. The highest BCUT2D eigenvalue weighted by atomic mass is 32.2. The Balaban J connectivity index is 2.24. The van der Waals surface area contributed by atoms with Gasteiger partial charge in [-0.1, -0.05) is 13.8 Å². The molecule has 0 bridgehead atoms. The Hall–Kier alpha value is -0.260. The Labute approximate surface area is 114 Å². The van der Waals surface area contributed by atoms with Gasteiger partial charge in [0.05, 0.1) is 7.11 Å². The molecule has 0 aromatic carbocycles. The molecule has 2 aliphatic rings. The third-order valence-electron chi connectivity index (χ3n) is 3.89. The first-order valence-corrected chi connectivity index (χ1v) is 7.78. The van der Waals surface area contributed by atoms with Crippen molar-refractivity contribution >= 4 is 17.7 Å². The summed E-state index contributed by atoms with van der Waals surface area (Å²) in [6.45, 7) is 8.29. The summed E-state index contributed by atoms with van der Waals surface area (Å²) in [6, 6.07) is 0. The maximum Gasteiger partial charge on any atom is 0.327 e. The molecule has 1 atom stereocenters. The van der Waals surface area contributed by atoms with Gasteiger partial charge in [-0.05, 0) is 17.6 Å². The summed E-state index contributed by atoms with van der Waals surface area (Å²) in [7, 11) is 1.51. The quantitative estimate of drug-likeness (QED) is 0.759. The van der Waals surface area contributed by atoms with E-state index < -0.39 is 5.54 Å². The van der Waals surface area contributed by atoms with E-state index >= 15 is 0 Å². The van der Waals surface area contributed by atoms with Gasteiger partial charge in [0.2, 0.25) is 0 Å². The molecule has 0 radical (unpaired) electrons. The average molecular weight is 272 g/mol. The van der Waals surface area contributed by atoms with E-state index in [2.05, 4.69) is 24.1 Å². The summed E-state index contributed by atoms with van der Waals surface area (Å²) in [4.78, 5) is 14.7. The van der Waals surface area contributed by atoms with Gasteiger partial charge in [0.1, 0.15) is 5.54 Å². The highest BCUT2D eigenvalue weighted by Gasteiger charge is 2.51. The summed E-state index contributed by atoms with van der Waals surface area (Å²) >= 11 is 1.88. The van der Waals surface area contributed by atoms with Gasteiger partial charge in [0, 0.05) is 31.9 Å². The first kappa shape index (κ1) is 14.2. The summed E-state index contributed by atoms with van der Waals surface area (Å²) in [5.74, 6) is 1.94. The van der Waals surface area contributed by atoms with Crippen molar-refractivity contribution in [3.63, 3.8) is 0 Å². The minimum atomic E-state index is -0.413. The molecule has 2 saturated heterocycles. The van der Waals surface area contributed by atoms with Crippen LogP contribution in [0.4, 0.5) is 0 Å². The van der Waals surface area contributed by atoms with Gasteiger partial charge in [-0.15, -0.1) is 0 Å². The molecule has 0 spiro atoms. The lowest BCUT2D eigenvalue weighted by molar-refractivity contribution is -0.157. The van der Waals surface area contributed by atoms with Crippen molar-refractivity contribution in [1.29, 1.82) is 0 Å². The van der Waals surface area contributed by atoms with Gasteiger partial charge in [0.15, 0.2) is 0 Å². The number of methoxy groups -OCH3 is 1. The molecule has 1 N–H and O–H groups in total. The van der Waals surface area contributed by atoms with Crippen molar-refractivity contribution in [3.8, 4) is 0 Å². The second-order valence-corrected chi connectivity index (χ2v) is 7.08. The van der Waals surface area contributed by atoms with Crippen molar-refractivity contribution in [1.82, 2.24) is 10.2 Å². The largest absolute Gasteiger partial charge is 0.468 e. The fraction of sp³-hybridized carbons (Fsp3) is 0.923. The minimum absolute atomic E-state index is 0.0512. The van der Waals surface area contributed by atoms with Gasteiger partial charge < -0.3 is 10.1 Å². The normalized spacial score (nSPS) is 33.1. The van der Waals surface area contributed by atoms with Crippen molar-refractivity contribution < 1.29 is 9.53 Å². The Morgan fingerprint density at radius 3 is 2.50 bits per heavy atom. The molecule has 0 aromatic heterocycles. The fourth-order valence-corrected chi connectivity index (χ4v) is 4.63. The van der Waals surface area contributed by atoms with E-state index in [-0.39, 0.29) is 11.4 Å². The van der Waals surface area contributed by atoms with E-state index in [0.29, 0.717) is 0 Å². The van der Waals surface area contributed by atoms with Crippen LogP contribution in [0.5, 0.6) is 0 Å². The zero-order chi connectivity index (χ0) is 13.2. The molecule has 2 fully saturated rings. The zero-order valence-corrected chi connectivity index (χ0v) is 12.4. The fourth-order valence-electron chi connectivity index (χ4n) is 3.14. The van der Waals surface area contributed by atoms with E-state index in [1.807, 2.05) is 11.8 Å². The van der Waals surface area contributed by atoms with E-state index in [9.17, 15) is 4.79 Å². The predicted octanol–water partition coefficient (Wildman–Crippen LogP) is 0.966. The van der Waals surface area contributed by atoms with Crippen LogP contribution in [-0.2, 0) is 9.53 Å². The zero-order valence-electron chi connectivity index (χ0n) is 11.6. The molecule has 0 saturated carbocycles. The van der Waals surface area contributed by atoms with Crippen LogP contribution in [0.1, 0.15) is 20.3 Å². The highest BCUT2D eigenvalue weighted by molar-refractivity contribution is 7.99. The number of rotatable bonds is 2. The van der Waals surface area contributed by atoms with Crippen LogP contribution >= 0.6 is 11.8 Å². The van der Waals surface area contributed by atoms with Gasteiger partial charge in [0.25, 0.3) is 0 Å². The van der Waals surface area contributed by atoms with Crippen molar-refractivity contribution in [2.75, 3.05) is 44.8 Å². The van der Waals surface area contributed by atoms with Crippen LogP contribution in [0.15, 0.2) is 0 Å². The lowest BCUT2D eigenvalue weighted by Crippen LogP contribution is -2.64. The minimum Gasteiger partial charge on any atom is -0.468 e. The number of piperazine rings is 1. The number of hydrogen-bond donors (Lipinski definition) is 1. The number of nitrogens with one attached hydrogen (secondary N) is 1. The van der Waals surface area contributed by atoms with E-state index in [0.717, 1.165) is 44.1 Å². The first-order chi connectivity index (χ1) is 8.50. The average Bonchev–Trinajstić information content (AvgIpc) is 2.37. The van der Waals surface area contributed by atoms with Gasteiger partial charge in [-0.25, -0.2) is 0 Å². The molecule has 2 rings (SSSR count). The maximum atomic E-state index is 12.4. The monoisotopic (exact) mass is 272 g/mol. The van der Waals surface area contributed by atoms with E-state index in [1.54, 1.807) is 0 Å². The van der Waals surface area contributed by atoms with Crippen LogP contribution in [0, 0.1) is 5.41 Å². The summed E-state index contributed by atoms with van der Waals surface area (Å²) in [6.07, 6.45) is 0.902. The van der Waals surface area contributed by atoms with Gasteiger partial charge in [-0.3, -0.25) is 9.69 Å². The molecule has 1 unspecified atom stereocenters. The summed E-state index contributed by atoms with van der Waals surface area (Å²) in [5, 5.41) is 3.35. The molecule has 18 heavy (non-hydrogen) atoms. The van der Waals surface area contributed by atoms with Crippen LogP contribution in [0.3, 0.4) is 0 Å². The molecule has 0 aromatic rings. The molecule has 4 nitrogen and oxygen atoms in total. The Bertz CT molecular complexity index is 316. The summed E-state index contributed by atoms with van der Waals surface area (Å²) < 4.78 is 5.13. The smallest absolute Gasteiger partial charge is 0.327 e. The molecule has 0 amide bonds. The molecule has 5 heteroatoms. The second kappa shape index (κ2) is 5.39. The first-order valence-electron chi connectivity index (χ1n) is 6.62. The van der Waals surface area contributed by atoms with Crippen molar-refractivity contribution in [2.45, 2.75) is 25.8 Å². The van der Waals surface area contributed by atoms with Crippen molar-refractivity contribution in [2.24, 2.45) is 5.41 Å². The number of thioether (sulfide) groups is 1. The predicted molar refractivity (Wildman–Crippen MR) is 74.9 cm³/mol. The summed E-state index contributed by atoms with van der Waals surface area (Å²) in [5.41, 5.74) is -0.217. The van der Waals surface area contributed by atoms with Crippen molar-refractivity contribution in [3.05, 3.63) is 0 Å². The second-order valence-electron chi connectivity index (χ2n) is 6.09. The number of carbonyl (C=O) groups excluding carboxylic acids is 1.